The van der Waals surface area contributed by atoms with E-state index in [0.717, 1.165) is 0 Å². The molecular formula is C9H18O5. The summed E-state index contributed by atoms with van der Waals surface area (Å²) in [6.45, 7) is 2.28. The lowest BCUT2D eigenvalue weighted by Gasteiger charge is -2.33. The van der Waals surface area contributed by atoms with Crippen LogP contribution in [0.15, 0.2) is 0 Å². The molecule has 0 aliphatic carbocycles. The molecule has 5 heteroatoms. The van der Waals surface area contributed by atoms with Gasteiger partial charge in [0.1, 0.15) is 17.8 Å². The molecule has 0 unspecified atom stereocenters. The van der Waals surface area contributed by atoms with Crippen LogP contribution in [0.4, 0.5) is 0 Å². The minimum atomic E-state index is -1.65. The molecule has 5 nitrogen and oxygen atoms in total. The first-order valence-electron chi connectivity index (χ1n) is 4.31. The van der Waals surface area contributed by atoms with Crippen molar-refractivity contribution in [3.8, 4) is 0 Å². The molecule has 0 saturated carbocycles. The van der Waals surface area contributed by atoms with Gasteiger partial charge in [0.15, 0.2) is 5.78 Å². The number of carbonyl (C=O) groups excluding carboxylic acids is 1. The van der Waals surface area contributed by atoms with E-state index in [4.69, 9.17) is 14.6 Å². The van der Waals surface area contributed by atoms with Gasteiger partial charge in [-0.15, -0.1) is 0 Å². The van der Waals surface area contributed by atoms with E-state index in [1.165, 1.54) is 28.1 Å². The van der Waals surface area contributed by atoms with Crippen LogP contribution in [0.2, 0.25) is 0 Å². The quantitative estimate of drug-likeness (QED) is 0.604. The molecule has 0 heterocycles. The number of ether oxygens (including phenoxy) is 2. The van der Waals surface area contributed by atoms with Crippen LogP contribution >= 0.6 is 0 Å². The van der Waals surface area contributed by atoms with Crippen LogP contribution in [0.25, 0.3) is 0 Å². The molecule has 0 amide bonds. The van der Waals surface area contributed by atoms with Gasteiger partial charge in [0.2, 0.25) is 0 Å². The topological polar surface area (TPSA) is 76.0 Å². The van der Waals surface area contributed by atoms with E-state index in [9.17, 15) is 9.90 Å². The summed E-state index contributed by atoms with van der Waals surface area (Å²) in [5.74, 6) is -0.431. The molecule has 14 heavy (non-hydrogen) atoms. The maximum atomic E-state index is 11.1. The van der Waals surface area contributed by atoms with E-state index in [1.54, 1.807) is 0 Å². The van der Waals surface area contributed by atoms with Gasteiger partial charge in [-0.1, -0.05) is 0 Å². The van der Waals surface area contributed by atoms with Gasteiger partial charge in [0.25, 0.3) is 0 Å². The lowest BCUT2D eigenvalue weighted by Crippen LogP contribution is -2.54. The van der Waals surface area contributed by atoms with Crippen molar-refractivity contribution in [3.63, 3.8) is 0 Å². The summed E-state index contributed by atoms with van der Waals surface area (Å²) in [6, 6.07) is 0. The van der Waals surface area contributed by atoms with Crippen LogP contribution in [-0.4, -0.2) is 54.6 Å². The molecule has 0 bridgehead atoms. The number of methoxy groups -OCH3 is 2. The largest absolute Gasteiger partial charge is 0.394 e. The third-order valence-electron chi connectivity index (χ3n) is 2.34. The Balaban J connectivity index is 4.77. The summed E-state index contributed by atoms with van der Waals surface area (Å²) in [6.07, 6.45) is -1.60. The Hall–Kier alpha value is -0.490. The second kappa shape index (κ2) is 5.41. The molecule has 3 atom stereocenters. The predicted octanol–water partition coefficient (Wildman–Crippen LogP) is -0.651. The van der Waals surface area contributed by atoms with Crippen molar-refractivity contribution < 1.29 is 24.5 Å². The van der Waals surface area contributed by atoms with Crippen molar-refractivity contribution in [3.05, 3.63) is 0 Å². The SMILES string of the molecule is CO[C@H](CO)[C@H](OC)[C@@](C)(O)C(C)=O. The Morgan fingerprint density at radius 3 is 2.14 bits per heavy atom. The molecule has 0 aliphatic rings. The van der Waals surface area contributed by atoms with Gasteiger partial charge in [-0.2, -0.15) is 0 Å². The second-order valence-corrected chi connectivity index (χ2v) is 3.32. The molecule has 0 rings (SSSR count). The maximum Gasteiger partial charge on any atom is 0.163 e. The monoisotopic (exact) mass is 206 g/mol. The van der Waals surface area contributed by atoms with Crippen molar-refractivity contribution in [2.24, 2.45) is 0 Å². The zero-order valence-corrected chi connectivity index (χ0v) is 8.98. The fourth-order valence-electron chi connectivity index (χ4n) is 1.24. The molecule has 0 saturated heterocycles. The van der Waals surface area contributed by atoms with Crippen molar-refractivity contribution in [2.75, 3.05) is 20.8 Å². The molecule has 0 spiro atoms. The van der Waals surface area contributed by atoms with Crippen LogP contribution in [0.5, 0.6) is 0 Å². The first kappa shape index (κ1) is 13.5. The minimum absolute atomic E-state index is 0.321. The molecule has 0 aromatic heterocycles. The minimum Gasteiger partial charge on any atom is -0.394 e. The van der Waals surface area contributed by atoms with Gasteiger partial charge >= 0.3 is 0 Å². The molecule has 0 radical (unpaired) electrons. The molecule has 0 aromatic rings. The zero-order valence-electron chi connectivity index (χ0n) is 8.98. The number of carbonyl (C=O) groups is 1. The van der Waals surface area contributed by atoms with E-state index < -0.39 is 23.6 Å². The third-order valence-corrected chi connectivity index (χ3v) is 2.34. The fraction of sp³-hybridized carbons (Fsp3) is 0.889. The fourth-order valence-corrected chi connectivity index (χ4v) is 1.24. The summed E-state index contributed by atoms with van der Waals surface area (Å²) < 4.78 is 9.87. The van der Waals surface area contributed by atoms with E-state index in [0.29, 0.717) is 0 Å². The normalized spacial score (nSPS) is 19.9. The molecule has 0 aromatic carbocycles. The summed E-state index contributed by atoms with van der Waals surface area (Å²) >= 11 is 0. The van der Waals surface area contributed by atoms with E-state index in [2.05, 4.69) is 0 Å². The van der Waals surface area contributed by atoms with Crippen molar-refractivity contribution in [1.29, 1.82) is 0 Å². The average Bonchev–Trinajstić information content (AvgIpc) is 2.13. The predicted molar refractivity (Wildman–Crippen MR) is 50.0 cm³/mol. The van der Waals surface area contributed by atoms with Gasteiger partial charge in [-0.05, 0) is 13.8 Å². The molecule has 84 valence electrons. The highest BCUT2D eigenvalue weighted by Crippen LogP contribution is 2.19. The summed E-state index contributed by atoms with van der Waals surface area (Å²) in [5, 5.41) is 18.8. The van der Waals surface area contributed by atoms with Gasteiger partial charge in [-0.25, -0.2) is 0 Å². The molecular weight excluding hydrogens is 188 g/mol. The number of hydrogen-bond acceptors (Lipinski definition) is 5. The van der Waals surface area contributed by atoms with Gasteiger partial charge < -0.3 is 19.7 Å². The Morgan fingerprint density at radius 1 is 1.43 bits per heavy atom. The Kier molecular flexibility index (Phi) is 5.22. The number of aliphatic hydroxyl groups is 2. The lowest BCUT2D eigenvalue weighted by atomic mass is 9.91. The third kappa shape index (κ3) is 2.75. The molecule has 0 aliphatic heterocycles. The molecule has 0 fully saturated rings. The highest BCUT2D eigenvalue weighted by atomic mass is 16.5. The van der Waals surface area contributed by atoms with Crippen LogP contribution < -0.4 is 0 Å². The number of aliphatic hydroxyl groups excluding tert-OH is 1. The standard InChI is InChI=1S/C9H18O5/c1-6(11)9(2,12)8(14-4)7(5-10)13-3/h7-8,10,12H,5H2,1-4H3/t7-,8+,9+/m1/s1. The van der Waals surface area contributed by atoms with Crippen molar-refractivity contribution in [2.45, 2.75) is 31.7 Å². The summed E-state index contributed by atoms with van der Waals surface area (Å²) in [7, 11) is 2.73. The lowest BCUT2D eigenvalue weighted by molar-refractivity contribution is -0.169. The van der Waals surface area contributed by atoms with E-state index >= 15 is 0 Å². The van der Waals surface area contributed by atoms with Gasteiger partial charge in [0.05, 0.1) is 6.61 Å². The van der Waals surface area contributed by atoms with Crippen LogP contribution in [0.1, 0.15) is 13.8 Å². The number of Topliss-reactive ketones (excluding diaryl/α,β-unsaturated/α-hetero) is 1. The van der Waals surface area contributed by atoms with Gasteiger partial charge in [-0.3, -0.25) is 4.79 Å². The Bertz CT molecular complexity index is 186. The number of hydrogen-bond donors (Lipinski definition) is 2. The number of rotatable bonds is 6. The molecule has 2 N–H and O–H groups in total. The first-order chi connectivity index (χ1) is 6.41. The van der Waals surface area contributed by atoms with Crippen molar-refractivity contribution >= 4 is 5.78 Å². The maximum absolute atomic E-state index is 11.1. The van der Waals surface area contributed by atoms with Crippen LogP contribution in [0, 0.1) is 0 Å². The number of ketones is 1. The average molecular weight is 206 g/mol. The highest BCUT2D eigenvalue weighted by molar-refractivity contribution is 5.85. The highest BCUT2D eigenvalue weighted by Gasteiger charge is 2.41. The zero-order chi connectivity index (χ0) is 11.4. The van der Waals surface area contributed by atoms with Crippen LogP contribution in [0.3, 0.4) is 0 Å². The first-order valence-corrected chi connectivity index (χ1v) is 4.31. The van der Waals surface area contributed by atoms with Crippen LogP contribution in [-0.2, 0) is 14.3 Å². The summed E-state index contributed by atoms with van der Waals surface area (Å²) in [4.78, 5) is 11.1. The smallest absolute Gasteiger partial charge is 0.163 e. The summed E-state index contributed by atoms with van der Waals surface area (Å²) in [5.41, 5.74) is -1.65. The van der Waals surface area contributed by atoms with Crippen molar-refractivity contribution in [1.82, 2.24) is 0 Å². The van der Waals surface area contributed by atoms with E-state index in [1.807, 2.05) is 0 Å². The van der Waals surface area contributed by atoms with E-state index in [-0.39, 0.29) is 6.61 Å². The second-order valence-electron chi connectivity index (χ2n) is 3.32. The Morgan fingerprint density at radius 2 is 1.93 bits per heavy atom. The van der Waals surface area contributed by atoms with Gasteiger partial charge in [0, 0.05) is 14.2 Å². The Labute approximate surface area is 83.6 Å².